The topological polar surface area (TPSA) is 78.9 Å². The van der Waals surface area contributed by atoms with Crippen LogP contribution in [0.2, 0.25) is 0 Å². The third-order valence-electron chi connectivity index (χ3n) is 11.1. The molecule has 0 aliphatic carbocycles. The Morgan fingerprint density at radius 1 is 0.314 bits per heavy atom. The summed E-state index contributed by atoms with van der Waals surface area (Å²) < 4.78 is 16.7. The molecule has 0 aliphatic rings. The molecule has 0 aromatic rings. The number of hydrogen-bond donors (Lipinski definition) is 0. The summed E-state index contributed by atoms with van der Waals surface area (Å²) in [5.74, 6) is -1.14. The molecule has 0 aromatic carbocycles. The quantitative estimate of drug-likeness (QED) is 0.0262. The third kappa shape index (κ3) is 54.2. The first-order valence-corrected chi connectivity index (χ1v) is 27.8. The lowest BCUT2D eigenvalue weighted by Crippen LogP contribution is -2.30. The van der Waals surface area contributed by atoms with Gasteiger partial charge in [0.2, 0.25) is 0 Å². The number of esters is 3. The largest absolute Gasteiger partial charge is 0.462 e. The first-order chi connectivity index (χ1) is 34.5. The van der Waals surface area contributed by atoms with E-state index in [1.165, 1.54) is 70.6 Å². The smallest absolute Gasteiger partial charge is 0.310 e. The zero-order valence-corrected chi connectivity index (χ0v) is 44.7. The summed E-state index contributed by atoms with van der Waals surface area (Å²) in [4.78, 5) is 38.0. The Labute approximate surface area is 429 Å². The lowest BCUT2D eigenvalue weighted by Gasteiger charge is -2.18. The Morgan fingerprint density at radius 3 is 0.943 bits per heavy atom. The van der Waals surface area contributed by atoms with Crippen LogP contribution in [0, 0.1) is 0 Å². The molecule has 1 unspecified atom stereocenters. The van der Waals surface area contributed by atoms with Gasteiger partial charge in [0.1, 0.15) is 13.2 Å². The van der Waals surface area contributed by atoms with Gasteiger partial charge in [0.05, 0.1) is 6.42 Å². The molecule has 392 valence electrons. The van der Waals surface area contributed by atoms with Crippen molar-refractivity contribution < 1.29 is 28.6 Å². The molecule has 0 N–H and O–H groups in total. The molecule has 70 heavy (non-hydrogen) atoms. The molecule has 0 heterocycles. The maximum Gasteiger partial charge on any atom is 0.310 e. The number of rotatable bonds is 48. The van der Waals surface area contributed by atoms with E-state index in [1.807, 2.05) is 6.08 Å². The standard InChI is InChI=1S/C64H100O6/c1-4-7-10-13-16-19-22-25-28-29-30-31-32-33-34-35-37-39-42-45-48-51-54-57-63(66)69-60-61(59-68-62(65)56-53-50-47-44-41-38-27-24-21-18-15-12-9-6-3)70-64(67)58-55-52-49-46-43-40-36-26-23-20-17-14-11-8-5-2/h7-8,10-11,16-17,19-20,25-26,28,30-31,33-34,36-37,39,43,45-46,48,52,55,61H,4-6,9,12-15,18,21-24,27,29,32,35,38,40-42,44,47,49-51,53-54,56-60H2,1-3H3/b10-7-,11-8-,19-16-,20-17-,28-25-,31-30-,34-33-,36-26-,39-37-,46-43-,48-45-,55-52-. The van der Waals surface area contributed by atoms with Crippen LogP contribution >= 0.6 is 0 Å². The number of allylic oxidation sites excluding steroid dienone is 23. The van der Waals surface area contributed by atoms with E-state index in [9.17, 15) is 14.4 Å². The highest BCUT2D eigenvalue weighted by Crippen LogP contribution is 2.14. The molecular weight excluding hydrogens is 865 g/mol. The monoisotopic (exact) mass is 965 g/mol. The third-order valence-corrected chi connectivity index (χ3v) is 11.1. The predicted octanol–water partition coefficient (Wildman–Crippen LogP) is 18.8. The van der Waals surface area contributed by atoms with Crippen molar-refractivity contribution in [2.75, 3.05) is 13.2 Å². The van der Waals surface area contributed by atoms with Crippen LogP contribution in [0.15, 0.2) is 146 Å². The second-order valence-corrected chi connectivity index (χ2v) is 17.8. The van der Waals surface area contributed by atoms with E-state index in [0.29, 0.717) is 19.3 Å². The van der Waals surface area contributed by atoms with E-state index in [4.69, 9.17) is 14.2 Å². The maximum absolute atomic E-state index is 12.8. The number of carbonyl (C=O) groups excluding carboxylic acids is 3. The second-order valence-electron chi connectivity index (χ2n) is 17.8. The Morgan fingerprint density at radius 2 is 0.600 bits per heavy atom. The van der Waals surface area contributed by atoms with Crippen molar-refractivity contribution in [3.63, 3.8) is 0 Å². The first-order valence-electron chi connectivity index (χ1n) is 27.8. The lowest BCUT2D eigenvalue weighted by molar-refractivity contribution is -0.166. The van der Waals surface area contributed by atoms with Crippen LogP contribution in [0.5, 0.6) is 0 Å². The summed E-state index contributed by atoms with van der Waals surface area (Å²) in [5.41, 5.74) is 0. The molecule has 0 fully saturated rings. The minimum Gasteiger partial charge on any atom is -0.462 e. The van der Waals surface area contributed by atoms with Crippen molar-refractivity contribution in [2.45, 2.75) is 226 Å². The number of unbranched alkanes of at least 4 members (excludes halogenated alkanes) is 14. The van der Waals surface area contributed by atoms with Crippen molar-refractivity contribution >= 4 is 17.9 Å². The van der Waals surface area contributed by atoms with Gasteiger partial charge >= 0.3 is 17.9 Å². The van der Waals surface area contributed by atoms with E-state index in [1.54, 1.807) is 6.08 Å². The second kappa shape index (κ2) is 56.9. The Kier molecular flexibility index (Phi) is 53.0. The highest BCUT2D eigenvalue weighted by molar-refractivity contribution is 5.72. The highest BCUT2D eigenvalue weighted by atomic mass is 16.6. The number of hydrogen-bond acceptors (Lipinski definition) is 6. The molecule has 0 saturated heterocycles. The fraction of sp³-hybridized carbons (Fsp3) is 0.578. The normalized spacial score (nSPS) is 13.2. The van der Waals surface area contributed by atoms with Crippen LogP contribution < -0.4 is 0 Å². The fourth-order valence-electron chi connectivity index (χ4n) is 7.04. The van der Waals surface area contributed by atoms with E-state index in [2.05, 4.69) is 154 Å². The molecule has 1 atom stereocenters. The van der Waals surface area contributed by atoms with Gasteiger partial charge in [-0.1, -0.05) is 250 Å². The van der Waals surface area contributed by atoms with Gasteiger partial charge in [-0.05, 0) is 96.3 Å². The highest BCUT2D eigenvalue weighted by Gasteiger charge is 2.19. The first kappa shape index (κ1) is 65.3. The molecular formula is C64H100O6. The van der Waals surface area contributed by atoms with Crippen LogP contribution in [0.3, 0.4) is 0 Å². The van der Waals surface area contributed by atoms with Crippen LogP contribution in [0.1, 0.15) is 220 Å². The fourth-order valence-corrected chi connectivity index (χ4v) is 7.04. The van der Waals surface area contributed by atoms with Crippen molar-refractivity contribution in [3.8, 4) is 0 Å². The predicted molar refractivity (Wildman–Crippen MR) is 302 cm³/mol. The average molecular weight is 965 g/mol. The number of carbonyl (C=O) groups is 3. The lowest BCUT2D eigenvalue weighted by atomic mass is 10.0. The van der Waals surface area contributed by atoms with Gasteiger partial charge in [-0.3, -0.25) is 14.4 Å². The maximum atomic E-state index is 12.8. The van der Waals surface area contributed by atoms with Gasteiger partial charge in [-0.2, -0.15) is 0 Å². The molecule has 0 saturated carbocycles. The molecule has 0 aliphatic heterocycles. The minimum absolute atomic E-state index is 0.0792. The van der Waals surface area contributed by atoms with Gasteiger partial charge in [0.25, 0.3) is 0 Å². The van der Waals surface area contributed by atoms with Crippen molar-refractivity contribution in [1.29, 1.82) is 0 Å². The van der Waals surface area contributed by atoms with Crippen LogP contribution in [-0.4, -0.2) is 37.2 Å². The SMILES string of the molecule is CC/C=C\C/C=C\C/C=C\C/C=C\C/C=C\C/C=C\C/C=C\CCCC(=O)OCC(COC(=O)CCCCCCCCCCCCCCCC)OC(=O)C/C=C\C/C=C\C/C=C\C/C=C\C/C=C\CC. The molecule has 0 rings (SSSR count). The Balaban J connectivity index is 4.58. The summed E-state index contributed by atoms with van der Waals surface area (Å²) >= 11 is 0. The minimum atomic E-state index is -0.860. The summed E-state index contributed by atoms with van der Waals surface area (Å²) in [6.45, 7) is 6.26. The van der Waals surface area contributed by atoms with Crippen LogP contribution in [-0.2, 0) is 28.6 Å². The van der Waals surface area contributed by atoms with Crippen molar-refractivity contribution in [2.24, 2.45) is 0 Å². The molecule has 0 amide bonds. The Hall–Kier alpha value is -4.71. The molecule has 0 aromatic heterocycles. The molecule has 0 bridgehead atoms. The zero-order chi connectivity index (χ0) is 50.7. The van der Waals surface area contributed by atoms with Crippen LogP contribution in [0.25, 0.3) is 0 Å². The summed E-state index contributed by atoms with van der Waals surface area (Å²) in [6.07, 6.45) is 81.5. The van der Waals surface area contributed by atoms with Gasteiger partial charge in [0, 0.05) is 12.8 Å². The van der Waals surface area contributed by atoms with E-state index in [0.717, 1.165) is 96.3 Å². The average Bonchev–Trinajstić information content (AvgIpc) is 3.36. The zero-order valence-electron chi connectivity index (χ0n) is 44.7. The van der Waals surface area contributed by atoms with Crippen molar-refractivity contribution in [1.82, 2.24) is 0 Å². The Bertz CT molecular complexity index is 1580. The van der Waals surface area contributed by atoms with Gasteiger partial charge in [0.15, 0.2) is 6.10 Å². The molecule has 0 radical (unpaired) electrons. The molecule has 6 heteroatoms. The van der Waals surface area contributed by atoms with E-state index >= 15 is 0 Å². The molecule has 0 spiro atoms. The van der Waals surface area contributed by atoms with Crippen molar-refractivity contribution in [3.05, 3.63) is 146 Å². The van der Waals surface area contributed by atoms with E-state index in [-0.39, 0.29) is 38.0 Å². The van der Waals surface area contributed by atoms with E-state index < -0.39 is 12.1 Å². The number of ether oxygens (including phenoxy) is 3. The summed E-state index contributed by atoms with van der Waals surface area (Å²) in [7, 11) is 0. The van der Waals surface area contributed by atoms with Gasteiger partial charge in [-0.15, -0.1) is 0 Å². The van der Waals surface area contributed by atoms with Gasteiger partial charge < -0.3 is 14.2 Å². The summed E-state index contributed by atoms with van der Waals surface area (Å²) in [5, 5.41) is 0. The van der Waals surface area contributed by atoms with Crippen LogP contribution in [0.4, 0.5) is 0 Å². The van der Waals surface area contributed by atoms with Gasteiger partial charge in [-0.25, -0.2) is 0 Å². The molecule has 6 nitrogen and oxygen atoms in total. The summed E-state index contributed by atoms with van der Waals surface area (Å²) in [6, 6.07) is 0.